The van der Waals surface area contributed by atoms with E-state index in [0.29, 0.717) is 0 Å². The number of fused-ring (bicyclic) bond motifs is 1. The fraction of sp³-hybridized carbons (Fsp3) is 0.368. The predicted molar refractivity (Wildman–Crippen MR) is 100 cm³/mol. The van der Waals surface area contributed by atoms with Crippen LogP contribution >= 0.6 is 11.8 Å². The SMILES string of the molecule is COC1O/C(=C\c2ccccc2)c2nc(SC)nc(N3CCCC3)c21. The summed E-state index contributed by atoms with van der Waals surface area (Å²) in [6.45, 7) is 2.04. The lowest BCUT2D eigenvalue weighted by molar-refractivity contribution is -0.0642. The molecule has 2 aliphatic rings. The van der Waals surface area contributed by atoms with Crippen molar-refractivity contribution >= 4 is 29.4 Å². The molecule has 4 rings (SSSR count). The van der Waals surface area contributed by atoms with Gasteiger partial charge < -0.3 is 14.4 Å². The third-order valence-electron chi connectivity index (χ3n) is 4.51. The Labute approximate surface area is 152 Å². The fourth-order valence-corrected chi connectivity index (χ4v) is 3.66. The van der Waals surface area contributed by atoms with Gasteiger partial charge in [0.05, 0.1) is 5.56 Å². The molecular weight excluding hydrogens is 334 g/mol. The molecule has 1 aromatic heterocycles. The van der Waals surface area contributed by atoms with Crippen molar-refractivity contribution in [2.45, 2.75) is 24.3 Å². The summed E-state index contributed by atoms with van der Waals surface area (Å²) in [6, 6.07) is 10.1. The van der Waals surface area contributed by atoms with Gasteiger partial charge >= 0.3 is 0 Å². The van der Waals surface area contributed by atoms with Crippen molar-refractivity contribution in [1.29, 1.82) is 0 Å². The Hall–Kier alpha value is -2.05. The number of hydrogen-bond donors (Lipinski definition) is 0. The normalized spacial score (nSPS) is 20.8. The molecule has 1 fully saturated rings. The second-order valence-electron chi connectivity index (χ2n) is 6.10. The first-order chi connectivity index (χ1) is 12.3. The molecule has 25 heavy (non-hydrogen) atoms. The summed E-state index contributed by atoms with van der Waals surface area (Å²) < 4.78 is 11.7. The largest absolute Gasteiger partial charge is 0.458 e. The molecule has 0 amide bonds. The molecule has 6 heteroatoms. The van der Waals surface area contributed by atoms with Crippen molar-refractivity contribution in [3.63, 3.8) is 0 Å². The Bertz CT molecular complexity index is 789. The van der Waals surface area contributed by atoms with E-state index in [1.165, 1.54) is 12.8 Å². The van der Waals surface area contributed by atoms with Crippen LogP contribution in [-0.2, 0) is 9.47 Å². The van der Waals surface area contributed by atoms with Crippen LogP contribution in [0.2, 0.25) is 0 Å². The summed E-state index contributed by atoms with van der Waals surface area (Å²) in [6.07, 6.45) is 5.94. The van der Waals surface area contributed by atoms with Gasteiger partial charge in [0.15, 0.2) is 5.16 Å². The first-order valence-electron chi connectivity index (χ1n) is 8.47. The minimum atomic E-state index is -0.462. The van der Waals surface area contributed by atoms with E-state index in [2.05, 4.69) is 4.90 Å². The van der Waals surface area contributed by atoms with Crippen molar-refractivity contribution in [3.05, 3.63) is 47.2 Å². The first-order valence-corrected chi connectivity index (χ1v) is 9.70. The number of thioether (sulfide) groups is 1. The minimum Gasteiger partial charge on any atom is -0.458 e. The molecule has 1 saturated heterocycles. The third kappa shape index (κ3) is 3.12. The molecule has 0 radical (unpaired) electrons. The number of anilines is 1. The Morgan fingerprint density at radius 1 is 1.20 bits per heavy atom. The van der Waals surface area contributed by atoms with Crippen LogP contribution in [0.1, 0.15) is 36.0 Å². The molecule has 0 saturated carbocycles. The lowest BCUT2D eigenvalue weighted by atomic mass is 10.1. The zero-order chi connectivity index (χ0) is 17.2. The Kier molecular flexibility index (Phi) is 4.63. The summed E-state index contributed by atoms with van der Waals surface area (Å²) in [4.78, 5) is 11.8. The number of nitrogens with zero attached hydrogens (tertiary/aromatic N) is 3. The van der Waals surface area contributed by atoms with Crippen LogP contribution in [0.15, 0.2) is 35.5 Å². The quantitative estimate of drug-likeness (QED) is 0.611. The highest BCUT2D eigenvalue weighted by atomic mass is 32.2. The van der Waals surface area contributed by atoms with E-state index in [4.69, 9.17) is 19.4 Å². The molecule has 2 aliphatic heterocycles. The van der Waals surface area contributed by atoms with Crippen LogP contribution in [-0.4, -0.2) is 36.4 Å². The van der Waals surface area contributed by atoms with Crippen LogP contribution in [0, 0.1) is 0 Å². The van der Waals surface area contributed by atoms with Crippen molar-refractivity contribution in [3.8, 4) is 0 Å². The Morgan fingerprint density at radius 3 is 2.64 bits per heavy atom. The van der Waals surface area contributed by atoms with Crippen molar-refractivity contribution < 1.29 is 9.47 Å². The maximum absolute atomic E-state index is 6.09. The maximum Gasteiger partial charge on any atom is 0.232 e. The summed E-state index contributed by atoms with van der Waals surface area (Å²) in [7, 11) is 1.66. The molecular formula is C19H21N3O2S. The number of benzene rings is 1. The highest BCUT2D eigenvalue weighted by Gasteiger charge is 2.36. The van der Waals surface area contributed by atoms with E-state index in [1.807, 2.05) is 42.7 Å². The Morgan fingerprint density at radius 2 is 1.96 bits per heavy atom. The Balaban J connectivity index is 1.85. The fourth-order valence-electron chi connectivity index (χ4n) is 3.30. The number of aromatic nitrogens is 2. The lowest BCUT2D eigenvalue weighted by Gasteiger charge is -2.21. The molecule has 130 valence electrons. The maximum atomic E-state index is 6.09. The number of ether oxygens (including phenoxy) is 2. The van der Waals surface area contributed by atoms with Gasteiger partial charge in [0.1, 0.15) is 17.3 Å². The van der Waals surface area contributed by atoms with Crippen molar-refractivity contribution in [1.82, 2.24) is 9.97 Å². The first kappa shape index (κ1) is 16.4. The van der Waals surface area contributed by atoms with Gasteiger partial charge in [0, 0.05) is 20.2 Å². The average molecular weight is 355 g/mol. The number of rotatable bonds is 4. The molecule has 3 heterocycles. The predicted octanol–water partition coefficient (Wildman–Crippen LogP) is 3.97. The standard InChI is InChI=1S/C19H21N3O2S/c1-23-18-15-16(14(24-18)12-13-8-4-3-5-9-13)20-19(25-2)21-17(15)22-10-6-7-11-22/h3-5,8-9,12,18H,6-7,10-11H2,1-2H3/b14-12-. The average Bonchev–Trinajstić information content (AvgIpc) is 3.30. The van der Waals surface area contributed by atoms with Crippen molar-refractivity contribution in [2.75, 3.05) is 31.4 Å². The van der Waals surface area contributed by atoms with Crippen molar-refractivity contribution in [2.24, 2.45) is 0 Å². The number of hydrogen-bond acceptors (Lipinski definition) is 6. The van der Waals surface area contributed by atoms with E-state index in [0.717, 1.165) is 46.6 Å². The van der Waals surface area contributed by atoms with E-state index < -0.39 is 6.29 Å². The minimum absolute atomic E-state index is 0.462. The highest BCUT2D eigenvalue weighted by Crippen LogP contribution is 2.44. The second-order valence-corrected chi connectivity index (χ2v) is 6.87. The zero-order valence-electron chi connectivity index (χ0n) is 14.4. The molecule has 1 aromatic carbocycles. The lowest BCUT2D eigenvalue weighted by Crippen LogP contribution is -2.22. The zero-order valence-corrected chi connectivity index (χ0v) is 15.3. The van der Waals surface area contributed by atoms with Crippen LogP contribution in [0.3, 0.4) is 0 Å². The summed E-state index contributed by atoms with van der Waals surface area (Å²) in [5, 5.41) is 0.764. The van der Waals surface area contributed by atoms with Gasteiger partial charge in [-0.05, 0) is 30.7 Å². The topological polar surface area (TPSA) is 47.5 Å². The molecule has 1 atom stereocenters. The van der Waals surface area contributed by atoms with Crippen LogP contribution in [0.25, 0.3) is 11.8 Å². The third-order valence-corrected chi connectivity index (χ3v) is 5.06. The molecule has 1 unspecified atom stereocenters. The smallest absolute Gasteiger partial charge is 0.232 e. The molecule has 0 bridgehead atoms. The van der Waals surface area contributed by atoms with Gasteiger partial charge in [0.25, 0.3) is 0 Å². The van der Waals surface area contributed by atoms with Gasteiger partial charge in [-0.15, -0.1) is 0 Å². The summed E-state index contributed by atoms with van der Waals surface area (Å²) >= 11 is 1.55. The molecule has 0 spiro atoms. The van der Waals surface area contributed by atoms with Crippen LogP contribution in [0.4, 0.5) is 5.82 Å². The van der Waals surface area contributed by atoms with E-state index in [1.54, 1.807) is 18.9 Å². The molecule has 0 N–H and O–H groups in total. The van der Waals surface area contributed by atoms with Gasteiger partial charge in [-0.2, -0.15) is 0 Å². The molecule has 0 aliphatic carbocycles. The van der Waals surface area contributed by atoms with Gasteiger partial charge in [0.2, 0.25) is 6.29 Å². The summed E-state index contributed by atoms with van der Waals surface area (Å²) in [5.74, 6) is 1.70. The van der Waals surface area contributed by atoms with Crippen LogP contribution in [0.5, 0.6) is 0 Å². The summed E-state index contributed by atoms with van der Waals surface area (Å²) in [5.41, 5.74) is 2.87. The highest BCUT2D eigenvalue weighted by molar-refractivity contribution is 7.98. The van der Waals surface area contributed by atoms with E-state index in [9.17, 15) is 0 Å². The van der Waals surface area contributed by atoms with E-state index >= 15 is 0 Å². The van der Waals surface area contributed by atoms with Crippen LogP contribution < -0.4 is 4.90 Å². The molecule has 5 nitrogen and oxygen atoms in total. The van der Waals surface area contributed by atoms with Gasteiger partial charge in [-0.25, -0.2) is 9.97 Å². The second kappa shape index (κ2) is 7.06. The van der Waals surface area contributed by atoms with Gasteiger partial charge in [-0.1, -0.05) is 42.1 Å². The van der Waals surface area contributed by atoms with E-state index in [-0.39, 0.29) is 0 Å². The van der Waals surface area contributed by atoms with Gasteiger partial charge in [-0.3, -0.25) is 0 Å². The monoisotopic (exact) mass is 355 g/mol. The number of methoxy groups -OCH3 is 1. The molecule has 2 aromatic rings.